The van der Waals surface area contributed by atoms with E-state index >= 15 is 0 Å². The highest BCUT2D eigenvalue weighted by molar-refractivity contribution is 5.09. The van der Waals surface area contributed by atoms with Gasteiger partial charge < -0.3 is 5.32 Å². The van der Waals surface area contributed by atoms with Crippen LogP contribution in [0.1, 0.15) is 37.6 Å². The van der Waals surface area contributed by atoms with Gasteiger partial charge in [0.05, 0.1) is 5.69 Å². The van der Waals surface area contributed by atoms with Gasteiger partial charge in [-0.2, -0.15) is 5.10 Å². The van der Waals surface area contributed by atoms with E-state index in [1.54, 1.807) is 0 Å². The van der Waals surface area contributed by atoms with Crippen LogP contribution < -0.4 is 5.32 Å². The molecular formula is C13H23N3. The topological polar surface area (TPSA) is 29.9 Å². The minimum absolute atomic E-state index is 0.737. The van der Waals surface area contributed by atoms with E-state index in [1.165, 1.54) is 31.5 Å². The van der Waals surface area contributed by atoms with Crippen LogP contribution in [0.15, 0.2) is 6.07 Å². The molecular weight excluding hydrogens is 198 g/mol. The van der Waals surface area contributed by atoms with Crippen LogP contribution in [0.2, 0.25) is 0 Å². The zero-order chi connectivity index (χ0) is 11.5. The van der Waals surface area contributed by atoms with Crippen molar-refractivity contribution < 1.29 is 0 Å². The van der Waals surface area contributed by atoms with Crippen LogP contribution in [-0.2, 0) is 13.5 Å². The molecule has 0 radical (unpaired) electrons. The zero-order valence-electron chi connectivity index (χ0n) is 10.7. The van der Waals surface area contributed by atoms with Gasteiger partial charge in [0.25, 0.3) is 0 Å². The van der Waals surface area contributed by atoms with E-state index in [1.807, 2.05) is 11.7 Å². The molecule has 0 saturated heterocycles. The first-order valence-electron chi connectivity index (χ1n) is 6.38. The second-order valence-corrected chi connectivity index (χ2v) is 5.23. The Kier molecular flexibility index (Phi) is 3.64. The van der Waals surface area contributed by atoms with Crippen LogP contribution in [-0.4, -0.2) is 22.4 Å². The second kappa shape index (κ2) is 5.00. The summed E-state index contributed by atoms with van der Waals surface area (Å²) in [5.41, 5.74) is 2.48. The Hall–Kier alpha value is -0.830. The molecule has 3 heteroatoms. The molecule has 1 N–H and O–H groups in total. The molecule has 0 aliphatic heterocycles. The minimum Gasteiger partial charge on any atom is -0.314 e. The van der Waals surface area contributed by atoms with Gasteiger partial charge in [-0.05, 0) is 51.1 Å². The van der Waals surface area contributed by atoms with E-state index in [2.05, 4.69) is 30.3 Å². The Morgan fingerprint density at radius 2 is 2.31 bits per heavy atom. The first-order valence-corrected chi connectivity index (χ1v) is 6.38. The lowest BCUT2D eigenvalue weighted by molar-refractivity contribution is 0.483. The lowest BCUT2D eigenvalue weighted by Gasteiger charge is -2.11. The monoisotopic (exact) mass is 221 g/mol. The smallest absolute Gasteiger partial charge is 0.0596 e. The Morgan fingerprint density at radius 1 is 1.56 bits per heavy atom. The Bertz CT molecular complexity index is 339. The van der Waals surface area contributed by atoms with E-state index < -0.39 is 0 Å². The summed E-state index contributed by atoms with van der Waals surface area (Å²) < 4.78 is 2.01. The van der Waals surface area contributed by atoms with E-state index in [0.29, 0.717) is 0 Å². The van der Waals surface area contributed by atoms with Crippen molar-refractivity contribution in [2.75, 3.05) is 6.54 Å². The molecule has 1 unspecified atom stereocenters. The van der Waals surface area contributed by atoms with Crippen molar-refractivity contribution in [3.63, 3.8) is 0 Å². The van der Waals surface area contributed by atoms with Gasteiger partial charge in [-0.15, -0.1) is 0 Å². The maximum Gasteiger partial charge on any atom is 0.0596 e. The third-order valence-corrected chi connectivity index (χ3v) is 3.30. The molecule has 1 aliphatic rings. The van der Waals surface area contributed by atoms with Gasteiger partial charge in [-0.1, -0.05) is 6.92 Å². The number of nitrogens with one attached hydrogen (secondary N) is 1. The summed E-state index contributed by atoms with van der Waals surface area (Å²) in [6.07, 6.45) is 5.18. The SMILES string of the molecule is Cc1cc(CC(C)CCNC2CC2)n(C)n1. The van der Waals surface area contributed by atoms with Crippen molar-refractivity contribution in [3.8, 4) is 0 Å². The molecule has 90 valence electrons. The molecule has 0 amide bonds. The molecule has 1 fully saturated rings. The van der Waals surface area contributed by atoms with Crippen molar-refractivity contribution in [2.24, 2.45) is 13.0 Å². The van der Waals surface area contributed by atoms with Gasteiger partial charge >= 0.3 is 0 Å². The van der Waals surface area contributed by atoms with Crippen molar-refractivity contribution in [3.05, 3.63) is 17.5 Å². The fraction of sp³-hybridized carbons (Fsp3) is 0.769. The number of rotatable bonds is 6. The summed E-state index contributed by atoms with van der Waals surface area (Å²) in [5.74, 6) is 0.737. The van der Waals surface area contributed by atoms with Gasteiger partial charge in [0.2, 0.25) is 0 Å². The first-order chi connectivity index (χ1) is 7.65. The van der Waals surface area contributed by atoms with Gasteiger partial charge in [-0.3, -0.25) is 4.68 Å². The maximum atomic E-state index is 4.38. The Labute approximate surface area is 98.2 Å². The summed E-state index contributed by atoms with van der Waals surface area (Å²) in [7, 11) is 2.04. The summed E-state index contributed by atoms with van der Waals surface area (Å²) in [4.78, 5) is 0. The average molecular weight is 221 g/mol. The van der Waals surface area contributed by atoms with Crippen LogP contribution in [0.3, 0.4) is 0 Å². The number of nitrogens with zero attached hydrogens (tertiary/aromatic N) is 2. The Morgan fingerprint density at radius 3 is 2.88 bits per heavy atom. The minimum atomic E-state index is 0.737. The van der Waals surface area contributed by atoms with Crippen molar-refractivity contribution >= 4 is 0 Å². The molecule has 1 aromatic rings. The van der Waals surface area contributed by atoms with Gasteiger partial charge in [-0.25, -0.2) is 0 Å². The number of aromatic nitrogens is 2. The largest absolute Gasteiger partial charge is 0.314 e. The van der Waals surface area contributed by atoms with Crippen molar-refractivity contribution in [1.29, 1.82) is 0 Å². The number of aryl methyl sites for hydroxylation is 2. The van der Waals surface area contributed by atoms with Crippen LogP contribution in [0, 0.1) is 12.8 Å². The van der Waals surface area contributed by atoms with E-state index in [0.717, 1.165) is 24.1 Å². The highest BCUT2D eigenvalue weighted by Crippen LogP contribution is 2.19. The van der Waals surface area contributed by atoms with E-state index in [4.69, 9.17) is 0 Å². The van der Waals surface area contributed by atoms with Crippen molar-refractivity contribution in [1.82, 2.24) is 15.1 Å². The molecule has 0 spiro atoms. The highest BCUT2D eigenvalue weighted by Gasteiger charge is 2.20. The quantitative estimate of drug-likeness (QED) is 0.797. The molecule has 1 aromatic heterocycles. The first kappa shape index (κ1) is 11.6. The molecule has 3 nitrogen and oxygen atoms in total. The summed E-state index contributed by atoms with van der Waals surface area (Å²) in [6, 6.07) is 3.04. The predicted molar refractivity (Wildman–Crippen MR) is 66.5 cm³/mol. The van der Waals surface area contributed by atoms with E-state index in [-0.39, 0.29) is 0 Å². The van der Waals surface area contributed by atoms with Crippen LogP contribution >= 0.6 is 0 Å². The van der Waals surface area contributed by atoms with Gasteiger partial charge in [0, 0.05) is 18.8 Å². The molecule has 1 saturated carbocycles. The molecule has 1 heterocycles. The zero-order valence-corrected chi connectivity index (χ0v) is 10.7. The average Bonchev–Trinajstić information content (AvgIpc) is 2.95. The normalized spacial score (nSPS) is 17.7. The van der Waals surface area contributed by atoms with Crippen LogP contribution in [0.5, 0.6) is 0 Å². The molecule has 0 aromatic carbocycles. The molecule has 16 heavy (non-hydrogen) atoms. The summed E-state index contributed by atoms with van der Waals surface area (Å²) in [6.45, 7) is 5.56. The molecule has 0 bridgehead atoms. The second-order valence-electron chi connectivity index (χ2n) is 5.23. The fourth-order valence-electron chi connectivity index (χ4n) is 2.14. The summed E-state index contributed by atoms with van der Waals surface area (Å²) >= 11 is 0. The standard InChI is InChI=1S/C13H23N3/c1-10(6-7-14-12-4-5-12)8-13-9-11(2)15-16(13)3/h9-10,12,14H,4-8H2,1-3H3. The van der Waals surface area contributed by atoms with Crippen LogP contribution in [0.4, 0.5) is 0 Å². The lowest BCUT2D eigenvalue weighted by atomic mass is 10.0. The maximum absolute atomic E-state index is 4.38. The summed E-state index contributed by atoms with van der Waals surface area (Å²) in [5, 5.41) is 7.95. The van der Waals surface area contributed by atoms with Crippen LogP contribution in [0.25, 0.3) is 0 Å². The fourth-order valence-corrected chi connectivity index (χ4v) is 2.14. The Balaban J connectivity index is 1.72. The van der Waals surface area contributed by atoms with E-state index in [9.17, 15) is 0 Å². The third-order valence-electron chi connectivity index (χ3n) is 3.30. The van der Waals surface area contributed by atoms with Gasteiger partial charge in [0.1, 0.15) is 0 Å². The third kappa shape index (κ3) is 3.34. The predicted octanol–water partition coefficient (Wildman–Crippen LogP) is 2.05. The number of hydrogen-bond acceptors (Lipinski definition) is 2. The van der Waals surface area contributed by atoms with Gasteiger partial charge in [0.15, 0.2) is 0 Å². The molecule has 1 atom stereocenters. The van der Waals surface area contributed by atoms with Crippen molar-refractivity contribution in [2.45, 2.75) is 45.6 Å². The molecule has 1 aliphatic carbocycles. The molecule has 2 rings (SSSR count). The number of hydrogen-bond donors (Lipinski definition) is 1. The lowest BCUT2D eigenvalue weighted by Crippen LogP contribution is -2.20. The highest BCUT2D eigenvalue weighted by atomic mass is 15.3.